The van der Waals surface area contributed by atoms with Crippen molar-refractivity contribution in [1.29, 1.82) is 0 Å². The number of aryl methyl sites for hydroxylation is 1. The van der Waals surface area contributed by atoms with Crippen LogP contribution in [0.5, 0.6) is 0 Å². The largest absolute Gasteiger partial charge is 0.325 e. The Bertz CT molecular complexity index is 322. The maximum Gasteiger partial charge on any atom is 0.274 e. The highest BCUT2D eigenvalue weighted by Crippen LogP contribution is 2.35. The predicted molar refractivity (Wildman–Crippen MR) is 58.0 cm³/mol. The van der Waals surface area contributed by atoms with E-state index in [9.17, 15) is 8.78 Å². The molecule has 0 spiro atoms. The van der Waals surface area contributed by atoms with Gasteiger partial charge in [0.05, 0.1) is 0 Å². The molecule has 1 aromatic carbocycles. The Labute approximate surface area is 89.3 Å². The van der Waals surface area contributed by atoms with E-state index < -0.39 is 11.5 Å². The summed E-state index contributed by atoms with van der Waals surface area (Å²) in [6.45, 7) is 5.08. The highest BCUT2D eigenvalue weighted by atomic mass is 19.3. The number of benzene rings is 1. The van der Waals surface area contributed by atoms with E-state index in [1.807, 2.05) is 6.92 Å². The van der Waals surface area contributed by atoms with E-state index in [-0.39, 0.29) is 12.0 Å². The number of halogens is 2. The number of hydrogen-bond donors (Lipinski definition) is 1. The van der Waals surface area contributed by atoms with Crippen molar-refractivity contribution < 1.29 is 8.78 Å². The molecule has 1 aromatic rings. The highest BCUT2D eigenvalue weighted by molar-refractivity contribution is 5.25. The summed E-state index contributed by atoms with van der Waals surface area (Å²) in [5.74, 6) is -2.86. The van der Waals surface area contributed by atoms with Gasteiger partial charge in [-0.1, -0.05) is 29.8 Å². The van der Waals surface area contributed by atoms with Crippen LogP contribution in [0.25, 0.3) is 0 Å². The fourth-order valence-electron chi connectivity index (χ4n) is 1.47. The van der Waals surface area contributed by atoms with Crippen LogP contribution in [0, 0.1) is 6.92 Å². The molecule has 0 radical (unpaired) electrons. The molecule has 84 valence electrons. The van der Waals surface area contributed by atoms with Crippen molar-refractivity contribution in [1.82, 2.24) is 0 Å². The highest BCUT2D eigenvalue weighted by Gasteiger charge is 2.36. The summed E-state index contributed by atoms with van der Waals surface area (Å²) in [6.07, 6.45) is -0.344. The van der Waals surface area contributed by atoms with Gasteiger partial charge in [-0.3, -0.25) is 0 Å². The lowest BCUT2D eigenvalue weighted by atomic mass is 9.93. The van der Waals surface area contributed by atoms with Crippen LogP contribution in [-0.4, -0.2) is 5.54 Å². The van der Waals surface area contributed by atoms with Crippen LogP contribution in [0.4, 0.5) is 8.78 Å². The van der Waals surface area contributed by atoms with E-state index in [0.29, 0.717) is 0 Å². The van der Waals surface area contributed by atoms with Gasteiger partial charge in [-0.15, -0.1) is 0 Å². The fraction of sp³-hybridized carbons (Fsp3) is 0.500. The lowest BCUT2D eigenvalue weighted by Crippen LogP contribution is -2.38. The first-order valence-electron chi connectivity index (χ1n) is 4.95. The summed E-state index contributed by atoms with van der Waals surface area (Å²) in [4.78, 5) is 0. The van der Waals surface area contributed by atoms with E-state index in [1.165, 1.54) is 12.1 Å². The molecule has 0 amide bonds. The predicted octanol–water partition coefficient (Wildman–Crippen LogP) is 3.21. The van der Waals surface area contributed by atoms with Crippen LogP contribution >= 0.6 is 0 Å². The van der Waals surface area contributed by atoms with Gasteiger partial charge in [0.1, 0.15) is 0 Å². The first-order chi connectivity index (χ1) is 6.71. The Hall–Kier alpha value is -0.960. The molecule has 0 unspecified atom stereocenters. The van der Waals surface area contributed by atoms with Crippen molar-refractivity contribution in [3.63, 3.8) is 0 Å². The second-order valence-corrected chi connectivity index (χ2v) is 4.74. The minimum atomic E-state index is -2.86. The van der Waals surface area contributed by atoms with Crippen LogP contribution in [-0.2, 0) is 5.92 Å². The van der Waals surface area contributed by atoms with Gasteiger partial charge in [-0.25, -0.2) is 8.78 Å². The van der Waals surface area contributed by atoms with Crippen molar-refractivity contribution in [2.75, 3.05) is 0 Å². The number of hydrogen-bond acceptors (Lipinski definition) is 1. The number of rotatable bonds is 3. The van der Waals surface area contributed by atoms with E-state index >= 15 is 0 Å². The Morgan fingerprint density at radius 2 is 1.60 bits per heavy atom. The molecular weight excluding hydrogens is 196 g/mol. The zero-order chi connectivity index (χ0) is 11.7. The molecule has 0 bridgehead atoms. The Morgan fingerprint density at radius 3 is 2.00 bits per heavy atom. The molecule has 1 rings (SSSR count). The molecule has 0 aliphatic heterocycles. The Kier molecular flexibility index (Phi) is 3.14. The average Bonchev–Trinajstić information content (AvgIpc) is 2.00. The van der Waals surface area contributed by atoms with Crippen LogP contribution in [0.3, 0.4) is 0 Å². The monoisotopic (exact) mass is 213 g/mol. The SMILES string of the molecule is Cc1ccc(C(F)(F)CC(C)(C)N)cc1. The quantitative estimate of drug-likeness (QED) is 0.819. The smallest absolute Gasteiger partial charge is 0.274 e. The molecule has 0 aliphatic rings. The van der Waals surface area contributed by atoms with Crippen LogP contribution in [0.1, 0.15) is 31.4 Å². The minimum Gasteiger partial charge on any atom is -0.325 e. The first kappa shape index (κ1) is 12.1. The molecule has 0 aromatic heterocycles. The molecule has 0 saturated carbocycles. The zero-order valence-electron chi connectivity index (χ0n) is 9.35. The normalized spacial score (nSPS) is 12.9. The van der Waals surface area contributed by atoms with Crippen LogP contribution in [0.15, 0.2) is 24.3 Å². The maximum atomic E-state index is 13.7. The van der Waals surface area contributed by atoms with Crippen molar-refractivity contribution >= 4 is 0 Å². The Balaban J connectivity index is 2.90. The minimum absolute atomic E-state index is 0.0339. The third-order valence-corrected chi connectivity index (χ3v) is 2.15. The summed E-state index contributed by atoms with van der Waals surface area (Å²) in [7, 11) is 0. The van der Waals surface area contributed by atoms with Crippen molar-refractivity contribution in [2.24, 2.45) is 5.73 Å². The molecule has 0 heterocycles. The van der Waals surface area contributed by atoms with Gasteiger partial charge in [-0.2, -0.15) is 0 Å². The summed E-state index contributed by atoms with van der Waals surface area (Å²) in [6, 6.07) is 6.29. The van der Waals surface area contributed by atoms with Gasteiger partial charge in [-0.05, 0) is 20.8 Å². The third kappa shape index (κ3) is 3.59. The van der Waals surface area contributed by atoms with Crippen LogP contribution in [0.2, 0.25) is 0 Å². The number of alkyl halides is 2. The summed E-state index contributed by atoms with van der Waals surface area (Å²) in [5.41, 5.74) is 5.75. The molecule has 1 nitrogen and oxygen atoms in total. The lowest BCUT2D eigenvalue weighted by molar-refractivity contribution is -0.0295. The van der Waals surface area contributed by atoms with Gasteiger partial charge < -0.3 is 5.73 Å². The zero-order valence-corrected chi connectivity index (χ0v) is 9.35. The van der Waals surface area contributed by atoms with E-state index in [2.05, 4.69) is 0 Å². The molecule has 3 heteroatoms. The van der Waals surface area contributed by atoms with Gasteiger partial charge in [0, 0.05) is 17.5 Å². The summed E-state index contributed by atoms with van der Waals surface area (Å²) < 4.78 is 27.4. The topological polar surface area (TPSA) is 26.0 Å². The third-order valence-electron chi connectivity index (χ3n) is 2.15. The maximum absolute atomic E-state index is 13.7. The lowest BCUT2D eigenvalue weighted by Gasteiger charge is -2.26. The second-order valence-electron chi connectivity index (χ2n) is 4.74. The van der Waals surface area contributed by atoms with Gasteiger partial charge in [0.15, 0.2) is 0 Å². The van der Waals surface area contributed by atoms with Gasteiger partial charge >= 0.3 is 0 Å². The van der Waals surface area contributed by atoms with E-state index in [1.54, 1.807) is 26.0 Å². The molecule has 0 saturated heterocycles. The van der Waals surface area contributed by atoms with E-state index in [0.717, 1.165) is 5.56 Å². The summed E-state index contributed by atoms with van der Waals surface area (Å²) in [5, 5.41) is 0. The molecule has 15 heavy (non-hydrogen) atoms. The van der Waals surface area contributed by atoms with Crippen molar-refractivity contribution in [3.8, 4) is 0 Å². The molecule has 0 aliphatic carbocycles. The molecule has 2 N–H and O–H groups in total. The van der Waals surface area contributed by atoms with Gasteiger partial charge in [0.25, 0.3) is 5.92 Å². The van der Waals surface area contributed by atoms with Crippen molar-refractivity contribution in [3.05, 3.63) is 35.4 Å². The second kappa shape index (κ2) is 3.89. The van der Waals surface area contributed by atoms with E-state index in [4.69, 9.17) is 5.73 Å². The fourth-order valence-corrected chi connectivity index (χ4v) is 1.47. The van der Waals surface area contributed by atoms with Crippen LogP contribution < -0.4 is 5.73 Å². The first-order valence-corrected chi connectivity index (χ1v) is 4.95. The van der Waals surface area contributed by atoms with Crippen molar-refractivity contribution in [2.45, 2.75) is 38.7 Å². The standard InChI is InChI=1S/C12H17F2N/c1-9-4-6-10(7-5-9)12(13,14)8-11(2,3)15/h4-7H,8,15H2,1-3H3. The number of nitrogens with two attached hydrogens (primary N) is 1. The summed E-state index contributed by atoms with van der Waals surface area (Å²) >= 11 is 0. The Morgan fingerprint density at radius 1 is 1.13 bits per heavy atom. The average molecular weight is 213 g/mol. The molecular formula is C12H17F2N. The van der Waals surface area contributed by atoms with Gasteiger partial charge in [0.2, 0.25) is 0 Å². The molecule has 0 fully saturated rings. The molecule has 0 atom stereocenters.